The second kappa shape index (κ2) is 7.55. The van der Waals surface area contributed by atoms with Crippen LogP contribution in [0.1, 0.15) is 31.9 Å². The molecule has 1 rings (SSSR count). The van der Waals surface area contributed by atoms with Crippen LogP contribution in [0.4, 0.5) is 0 Å². The predicted octanol–water partition coefficient (Wildman–Crippen LogP) is 2.23. The fraction of sp³-hybridized carbons (Fsp3) is 0.588. The van der Waals surface area contributed by atoms with Crippen molar-refractivity contribution in [2.45, 2.75) is 45.8 Å². The molecule has 6 nitrogen and oxygen atoms in total. The van der Waals surface area contributed by atoms with Crippen LogP contribution in [0, 0.1) is 6.92 Å². The topological polar surface area (TPSA) is 80.0 Å². The standard InChI is InChI=1S/C17H27NO5/c1-10-14(21-6)11(9-13(20-5)15(10)22-7)8-12(18)16(19)23-17(2,3)4/h9,12H,8,18H2,1-7H3. The van der Waals surface area contributed by atoms with Crippen LogP contribution in [-0.4, -0.2) is 38.9 Å². The molecule has 1 aromatic carbocycles. The van der Waals surface area contributed by atoms with E-state index in [2.05, 4.69) is 0 Å². The van der Waals surface area contributed by atoms with Gasteiger partial charge in [-0.25, -0.2) is 0 Å². The molecule has 0 bridgehead atoms. The van der Waals surface area contributed by atoms with Crippen molar-refractivity contribution in [1.29, 1.82) is 0 Å². The normalized spacial score (nSPS) is 12.5. The molecule has 1 aromatic rings. The molecule has 0 saturated carbocycles. The third-order valence-corrected chi connectivity index (χ3v) is 3.28. The highest BCUT2D eigenvalue weighted by atomic mass is 16.6. The van der Waals surface area contributed by atoms with Gasteiger partial charge < -0.3 is 24.7 Å². The van der Waals surface area contributed by atoms with Gasteiger partial charge >= 0.3 is 5.97 Å². The van der Waals surface area contributed by atoms with E-state index in [1.807, 2.05) is 6.92 Å². The van der Waals surface area contributed by atoms with Crippen molar-refractivity contribution in [3.63, 3.8) is 0 Å². The summed E-state index contributed by atoms with van der Waals surface area (Å²) in [5.74, 6) is 1.34. The zero-order valence-corrected chi connectivity index (χ0v) is 15.0. The number of hydrogen-bond acceptors (Lipinski definition) is 6. The van der Waals surface area contributed by atoms with Gasteiger partial charge in [-0.05, 0) is 33.8 Å². The molecule has 0 aliphatic heterocycles. The molecule has 0 fully saturated rings. The Balaban J connectivity index is 3.12. The number of ether oxygens (including phenoxy) is 4. The van der Waals surface area contributed by atoms with E-state index in [9.17, 15) is 4.79 Å². The maximum atomic E-state index is 12.1. The zero-order chi connectivity index (χ0) is 17.8. The quantitative estimate of drug-likeness (QED) is 0.808. The van der Waals surface area contributed by atoms with Gasteiger partial charge in [0.1, 0.15) is 17.4 Å². The summed E-state index contributed by atoms with van der Waals surface area (Å²) in [6.45, 7) is 7.28. The van der Waals surface area contributed by atoms with E-state index in [0.717, 1.165) is 11.1 Å². The molecule has 1 atom stereocenters. The van der Waals surface area contributed by atoms with Gasteiger partial charge in [-0.15, -0.1) is 0 Å². The lowest BCUT2D eigenvalue weighted by Crippen LogP contribution is -2.38. The number of hydrogen-bond donors (Lipinski definition) is 1. The largest absolute Gasteiger partial charge is 0.496 e. The van der Waals surface area contributed by atoms with Crippen LogP contribution in [0.3, 0.4) is 0 Å². The van der Waals surface area contributed by atoms with Crippen molar-refractivity contribution in [2.24, 2.45) is 5.73 Å². The fourth-order valence-corrected chi connectivity index (χ4v) is 2.36. The van der Waals surface area contributed by atoms with E-state index in [0.29, 0.717) is 17.2 Å². The number of rotatable bonds is 6. The van der Waals surface area contributed by atoms with Crippen LogP contribution in [0.5, 0.6) is 17.2 Å². The molecular formula is C17H27NO5. The summed E-state index contributed by atoms with van der Waals surface area (Å²) < 4.78 is 21.5. The summed E-state index contributed by atoms with van der Waals surface area (Å²) in [6.07, 6.45) is 0.277. The van der Waals surface area contributed by atoms with Crippen LogP contribution >= 0.6 is 0 Å². The van der Waals surface area contributed by atoms with Gasteiger partial charge in [0.25, 0.3) is 0 Å². The maximum Gasteiger partial charge on any atom is 0.323 e. The molecular weight excluding hydrogens is 298 g/mol. The number of methoxy groups -OCH3 is 3. The Bertz CT molecular complexity index is 563. The molecule has 1 unspecified atom stereocenters. The van der Waals surface area contributed by atoms with Crippen LogP contribution in [-0.2, 0) is 16.0 Å². The number of esters is 1. The molecule has 0 aliphatic rings. The molecule has 0 aliphatic carbocycles. The molecule has 0 saturated heterocycles. The lowest BCUT2D eigenvalue weighted by Gasteiger charge is -2.23. The Labute approximate surface area is 137 Å². The first-order chi connectivity index (χ1) is 10.6. The van der Waals surface area contributed by atoms with E-state index < -0.39 is 17.6 Å². The summed E-state index contributed by atoms with van der Waals surface area (Å²) in [5.41, 5.74) is 6.97. The molecule has 0 aromatic heterocycles. The molecule has 0 radical (unpaired) electrons. The number of benzene rings is 1. The van der Waals surface area contributed by atoms with E-state index in [1.54, 1.807) is 48.2 Å². The van der Waals surface area contributed by atoms with Gasteiger partial charge in [0.2, 0.25) is 0 Å². The first kappa shape index (κ1) is 19.1. The average Bonchev–Trinajstić information content (AvgIpc) is 2.45. The molecule has 0 amide bonds. The monoisotopic (exact) mass is 325 g/mol. The Morgan fingerprint density at radius 2 is 1.70 bits per heavy atom. The molecule has 130 valence electrons. The van der Waals surface area contributed by atoms with Crippen molar-refractivity contribution in [3.05, 3.63) is 17.2 Å². The number of carbonyl (C=O) groups is 1. The smallest absolute Gasteiger partial charge is 0.323 e. The van der Waals surface area contributed by atoms with E-state index in [1.165, 1.54) is 0 Å². The first-order valence-corrected chi connectivity index (χ1v) is 7.41. The van der Waals surface area contributed by atoms with Gasteiger partial charge in [0.15, 0.2) is 11.5 Å². The highest BCUT2D eigenvalue weighted by Crippen LogP contribution is 2.40. The Kier molecular flexibility index (Phi) is 6.27. The van der Waals surface area contributed by atoms with Crippen molar-refractivity contribution < 1.29 is 23.7 Å². The Morgan fingerprint density at radius 3 is 2.13 bits per heavy atom. The number of nitrogens with two attached hydrogens (primary N) is 1. The van der Waals surface area contributed by atoms with Gasteiger partial charge in [0, 0.05) is 17.5 Å². The van der Waals surface area contributed by atoms with E-state index in [-0.39, 0.29) is 6.42 Å². The third-order valence-electron chi connectivity index (χ3n) is 3.28. The highest BCUT2D eigenvalue weighted by Gasteiger charge is 2.25. The van der Waals surface area contributed by atoms with E-state index in [4.69, 9.17) is 24.7 Å². The van der Waals surface area contributed by atoms with Crippen LogP contribution in [0.2, 0.25) is 0 Å². The second-order valence-corrected chi connectivity index (χ2v) is 6.27. The Hall–Kier alpha value is -1.95. The molecule has 6 heteroatoms. The SMILES string of the molecule is COc1cc(CC(N)C(=O)OC(C)(C)C)c(OC)c(C)c1OC. The lowest BCUT2D eigenvalue weighted by molar-refractivity contribution is -0.156. The minimum Gasteiger partial charge on any atom is -0.496 e. The summed E-state index contributed by atoms with van der Waals surface area (Å²) >= 11 is 0. The van der Waals surface area contributed by atoms with Crippen molar-refractivity contribution in [1.82, 2.24) is 0 Å². The third kappa shape index (κ3) is 4.76. The van der Waals surface area contributed by atoms with Gasteiger partial charge in [0.05, 0.1) is 21.3 Å². The Morgan fingerprint density at radius 1 is 1.13 bits per heavy atom. The highest BCUT2D eigenvalue weighted by molar-refractivity contribution is 5.76. The number of carbonyl (C=O) groups excluding carboxylic acids is 1. The second-order valence-electron chi connectivity index (χ2n) is 6.27. The van der Waals surface area contributed by atoms with Gasteiger partial charge in [-0.1, -0.05) is 0 Å². The van der Waals surface area contributed by atoms with Crippen molar-refractivity contribution in [3.8, 4) is 17.2 Å². The van der Waals surface area contributed by atoms with Crippen molar-refractivity contribution >= 4 is 5.97 Å². The van der Waals surface area contributed by atoms with Crippen molar-refractivity contribution in [2.75, 3.05) is 21.3 Å². The van der Waals surface area contributed by atoms with Gasteiger partial charge in [-0.3, -0.25) is 4.79 Å². The van der Waals surface area contributed by atoms with Crippen LogP contribution in [0.25, 0.3) is 0 Å². The van der Waals surface area contributed by atoms with Gasteiger partial charge in [-0.2, -0.15) is 0 Å². The minimum absolute atomic E-state index is 0.277. The fourth-order valence-electron chi connectivity index (χ4n) is 2.36. The first-order valence-electron chi connectivity index (χ1n) is 7.41. The molecule has 2 N–H and O–H groups in total. The molecule has 0 heterocycles. The summed E-state index contributed by atoms with van der Waals surface area (Å²) in [7, 11) is 4.69. The van der Waals surface area contributed by atoms with E-state index >= 15 is 0 Å². The average molecular weight is 325 g/mol. The molecule has 0 spiro atoms. The molecule has 23 heavy (non-hydrogen) atoms. The van der Waals surface area contributed by atoms with Crippen LogP contribution in [0.15, 0.2) is 6.07 Å². The summed E-state index contributed by atoms with van der Waals surface area (Å²) in [5, 5.41) is 0. The summed E-state index contributed by atoms with van der Waals surface area (Å²) in [6, 6.07) is 0.982. The maximum absolute atomic E-state index is 12.1. The summed E-state index contributed by atoms with van der Waals surface area (Å²) in [4.78, 5) is 12.1. The minimum atomic E-state index is -0.791. The zero-order valence-electron chi connectivity index (χ0n) is 15.0. The predicted molar refractivity (Wildman–Crippen MR) is 88.4 cm³/mol. The van der Waals surface area contributed by atoms with Crippen LogP contribution < -0.4 is 19.9 Å². The lowest BCUT2D eigenvalue weighted by atomic mass is 10.0.